The highest BCUT2D eigenvalue weighted by molar-refractivity contribution is 5.83. The van der Waals surface area contributed by atoms with E-state index in [1.54, 1.807) is 0 Å². The van der Waals surface area contributed by atoms with Gasteiger partial charge in [-0.15, -0.1) is 0 Å². The molecule has 4 fully saturated rings. The van der Waals surface area contributed by atoms with Gasteiger partial charge in [0, 0.05) is 25.2 Å². The third-order valence-electron chi connectivity index (χ3n) is 6.25. The van der Waals surface area contributed by atoms with E-state index in [1.807, 2.05) is 32.0 Å². The van der Waals surface area contributed by atoms with Crippen LogP contribution in [-0.4, -0.2) is 30.0 Å². The van der Waals surface area contributed by atoms with Crippen molar-refractivity contribution < 1.29 is 4.79 Å². The minimum Gasteiger partial charge on any atom is -0.350 e. The number of hydrogen-bond donors (Lipinski definition) is 1. The predicted octanol–water partition coefficient (Wildman–Crippen LogP) is 2.68. The van der Waals surface area contributed by atoms with E-state index in [4.69, 9.17) is 0 Å². The predicted molar refractivity (Wildman–Crippen MR) is 93.5 cm³/mol. The van der Waals surface area contributed by atoms with Crippen LogP contribution in [0.5, 0.6) is 0 Å². The highest BCUT2D eigenvalue weighted by atomic mass is 16.2. The van der Waals surface area contributed by atoms with E-state index in [1.165, 1.54) is 19.3 Å². The van der Waals surface area contributed by atoms with E-state index in [9.17, 15) is 4.79 Å². The number of carbonyl (C=O) groups excluding carboxylic acids is 1. The summed E-state index contributed by atoms with van der Waals surface area (Å²) in [5.74, 6) is 3.36. The molecule has 24 heavy (non-hydrogen) atoms. The summed E-state index contributed by atoms with van der Waals surface area (Å²) in [6, 6.07) is 1.97. The third kappa shape index (κ3) is 2.78. The molecule has 0 aromatic carbocycles. The van der Waals surface area contributed by atoms with Crippen LogP contribution in [0.1, 0.15) is 49.9 Å². The van der Waals surface area contributed by atoms with Crippen LogP contribution in [0, 0.1) is 30.1 Å². The SMILES string of the molecule is Cc1cc(CNC(=O)C23CC4CC(CC(C4)C2)C3)nc(N(C)C)n1. The van der Waals surface area contributed by atoms with Crippen LogP contribution >= 0.6 is 0 Å². The van der Waals surface area contributed by atoms with Crippen LogP contribution in [0.15, 0.2) is 6.07 Å². The van der Waals surface area contributed by atoms with Gasteiger partial charge in [0.25, 0.3) is 0 Å². The van der Waals surface area contributed by atoms with Crippen LogP contribution in [0.25, 0.3) is 0 Å². The maximum atomic E-state index is 13.0. The van der Waals surface area contributed by atoms with Crippen molar-refractivity contribution in [2.24, 2.45) is 23.2 Å². The normalized spacial score (nSPS) is 33.5. The van der Waals surface area contributed by atoms with Gasteiger partial charge in [-0.25, -0.2) is 9.97 Å². The number of hydrogen-bond acceptors (Lipinski definition) is 4. The first kappa shape index (κ1) is 15.9. The van der Waals surface area contributed by atoms with Crippen molar-refractivity contribution in [2.45, 2.75) is 52.0 Å². The number of rotatable bonds is 4. The first-order valence-corrected chi connectivity index (χ1v) is 9.24. The fourth-order valence-electron chi connectivity index (χ4n) is 5.65. The highest BCUT2D eigenvalue weighted by Crippen LogP contribution is 2.60. The summed E-state index contributed by atoms with van der Waals surface area (Å²) in [5, 5.41) is 3.20. The molecule has 4 saturated carbocycles. The minimum absolute atomic E-state index is 0.0821. The summed E-state index contributed by atoms with van der Waals surface area (Å²) in [4.78, 5) is 23.9. The van der Waals surface area contributed by atoms with Gasteiger partial charge < -0.3 is 10.2 Å². The molecule has 4 aliphatic rings. The molecule has 1 N–H and O–H groups in total. The summed E-state index contributed by atoms with van der Waals surface area (Å²) in [6.07, 6.45) is 7.42. The molecule has 0 spiro atoms. The molecule has 5 nitrogen and oxygen atoms in total. The molecule has 4 aliphatic carbocycles. The smallest absolute Gasteiger partial charge is 0.226 e. The fourth-order valence-corrected chi connectivity index (χ4v) is 5.65. The van der Waals surface area contributed by atoms with E-state index < -0.39 is 0 Å². The van der Waals surface area contributed by atoms with Gasteiger partial charge in [0.2, 0.25) is 11.9 Å². The standard InChI is InChI=1S/C19H28N4O/c1-12-4-16(22-18(21-12)23(2)3)11-20-17(24)19-8-13-5-14(9-19)7-15(6-13)10-19/h4,13-15H,5-11H2,1-3H3,(H,20,24). The van der Waals surface area contributed by atoms with Gasteiger partial charge in [-0.05, 0) is 69.3 Å². The Hall–Kier alpha value is -1.65. The maximum Gasteiger partial charge on any atom is 0.226 e. The number of carbonyl (C=O) groups is 1. The van der Waals surface area contributed by atoms with Crippen molar-refractivity contribution in [3.05, 3.63) is 17.5 Å². The molecule has 1 aromatic rings. The van der Waals surface area contributed by atoms with E-state index in [0.29, 0.717) is 12.5 Å². The van der Waals surface area contributed by atoms with Gasteiger partial charge >= 0.3 is 0 Å². The lowest BCUT2D eigenvalue weighted by Gasteiger charge is -2.55. The summed E-state index contributed by atoms with van der Waals surface area (Å²) < 4.78 is 0. The van der Waals surface area contributed by atoms with E-state index in [2.05, 4.69) is 15.3 Å². The topological polar surface area (TPSA) is 58.1 Å². The van der Waals surface area contributed by atoms with E-state index in [-0.39, 0.29) is 11.3 Å². The zero-order valence-corrected chi connectivity index (χ0v) is 15.0. The van der Waals surface area contributed by atoms with Gasteiger partial charge in [-0.2, -0.15) is 0 Å². The molecular formula is C19H28N4O. The molecule has 130 valence electrons. The zero-order valence-electron chi connectivity index (χ0n) is 15.0. The second kappa shape index (κ2) is 5.71. The molecule has 4 bridgehead atoms. The van der Waals surface area contributed by atoms with Gasteiger partial charge in [0.1, 0.15) is 0 Å². The van der Waals surface area contributed by atoms with Crippen molar-refractivity contribution >= 4 is 11.9 Å². The molecule has 1 aromatic heterocycles. The van der Waals surface area contributed by atoms with Crippen molar-refractivity contribution in [2.75, 3.05) is 19.0 Å². The van der Waals surface area contributed by atoms with Gasteiger partial charge in [-0.1, -0.05) is 0 Å². The molecule has 0 saturated heterocycles. The Morgan fingerprint density at radius 3 is 2.29 bits per heavy atom. The minimum atomic E-state index is -0.0821. The fraction of sp³-hybridized carbons (Fsp3) is 0.737. The Balaban J connectivity index is 1.46. The quantitative estimate of drug-likeness (QED) is 0.923. The number of amides is 1. The Morgan fingerprint density at radius 1 is 1.17 bits per heavy atom. The Kier molecular flexibility index (Phi) is 3.77. The number of aryl methyl sites for hydroxylation is 1. The average Bonchev–Trinajstić information content (AvgIpc) is 2.50. The Morgan fingerprint density at radius 2 is 1.75 bits per heavy atom. The van der Waals surface area contributed by atoms with Gasteiger partial charge in [0.15, 0.2) is 0 Å². The van der Waals surface area contributed by atoms with Crippen LogP contribution < -0.4 is 10.2 Å². The van der Waals surface area contributed by atoms with Crippen LogP contribution in [0.2, 0.25) is 0 Å². The van der Waals surface area contributed by atoms with E-state index in [0.717, 1.165) is 48.4 Å². The first-order chi connectivity index (χ1) is 11.4. The molecule has 0 atom stereocenters. The second-order valence-corrected chi connectivity index (χ2v) is 8.58. The van der Waals surface area contributed by atoms with Crippen molar-refractivity contribution in [3.8, 4) is 0 Å². The largest absolute Gasteiger partial charge is 0.350 e. The van der Waals surface area contributed by atoms with Crippen molar-refractivity contribution in [1.29, 1.82) is 0 Å². The summed E-state index contributed by atoms with van der Waals surface area (Å²) in [7, 11) is 3.87. The van der Waals surface area contributed by atoms with Crippen LogP contribution in [0.3, 0.4) is 0 Å². The Labute approximate surface area is 144 Å². The van der Waals surface area contributed by atoms with Gasteiger partial charge in [-0.3, -0.25) is 4.79 Å². The van der Waals surface area contributed by atoms with Crippen molar-refractivity contribution in [1.82, 2.24) is 15.3 Å². The zero-order chi connectivity index (χ0) is 16.9. The molecule has 1 heterocycles. The van der Waals surface area contributed by atoms with Gasteiger partial charge in [0.05, 0.1) is 12.2 Å². The summed E-state index contributed by atoms with van der Waals surface area (Å²) in [5.41, 5.74) is 1.75. The number of nitrogens with one attached hydrogen (secondary N) is 1. The molecule has 5 rings (SSSR count). The van der Waals surface area contributed by atoms with Crippen molar-refractivity contribution in [3.63, 3.8) is 0 Å². The lowest BCUT2D eigenvalue weighted by Crippen LogP contribution is -2.53. The van der Waals surface area contributed by atoms with E-state index >= 15 is 0 Å². The summed E-state index contributed by atoms with van der Waals surface area (Å²) in [6.45, 7) is 2.48. The third-order valence-corrected chi connectivity index (χ3v) is 6.25. The molecule has 0 radical (unpaired) electrons. The lowest BCUT2D eigenvalue weighted by atomic mass is 9.49. The molecule has 5 heteroatoms. The number of aromatic nitrogens is 2. The lowest BCUT2D eigenvalue weighted by molar-refractivity contribution is -0.146. The summed E-state index contributed by atoms with van der Waals surface area (Å²) >= 11 is 0. The number of nitrogens with zero attached hydrogens (tertiary/aromatic N) is 3. The van der Waals surface area contributed by atoms with Crippen LogP contribution in [-0.2, 0) is 11.3 Å². The average molecular weight is 328 g/mol. The molecule has 0 aliphatic heterocycles. The first-order valence-electron chi connectivity index (χ1n) is 9.24. The maximum absolute atomic E-state index is 13.0. The highest BCUT2D eigenvalue weighted by Gasteiger charge is 2.54. The second-order valence-electron chi connectivity index (χ2n) is 8.58. The number of anilines is 1. The Bertz CT molecular complexity index is 619. The monoisotopic (exact) mass is 328 g/mol. The molecule has 1 amide bonds. The molecule has 0 unspecified atom stereocenters. The van der Waals surface area contributed by atoms with Crippen LogP contribution in [0.4, 0.5) is 5.95 Å². The molecular weight excluding hydrogens is 300 g/mol.